The molecule has 1 aromatic rings. The molecule has 0 aliphatic rings. The van der Waals surface area contributed by atoms with Crippen molar-refractivity contribution >= 4 is 0 Å². The third kappa shape index (κ3) is 1.69. The Morgan fingerprint density at radius 1 is 1.07 bits per heavy atom. The van der Waals surface area contributed by atoms with Gasteiger partial charge in [-0.3, -0.25) is 13.9 Å². The van der Waals surface area contributed by atoms with Gasteiger partial charge in [0.25, 0.3) is 5.56 Å². The molecule has 0 aliphatic heterocycles. The number of halogens is 3. The van der Waals surface area contributed by atoms with E-state index in [0.29, 0.717) is 9.13 Å². The third-order valence-corrected chi connectivity index (χ3v) is 2.16. The summed E-state index contributed by atoms with van der Waals surface area (Å²) >= 11 is 0. The van der Waals surface area contributed by atoms with E-state index in [2.05, 4.69) is 0 Å². The highest BCUT2D eigenvalue weighted by Crippen LogP contribution is 2.28. The smallest absolute Gasteiger partial charge is 0.292 e. The normalized spacial score (nSPS) is 11.9. The second kappa shape index (κ2) is 3.25. The van der Waals surface area contributed by atoms with E-state index in [4.69, 9.17) is 0 Å². The molecular weight excluding hydrogens is 213 g/mol. The van der Waals surface area contributed by atoms with Gasteiger partial charge in [-0.1, -0.05) is 0 Å². The summed E-state index contributed by atoms with van der Waals surface area (Å²) in [6.07, 6.45) is -4.70. The van der Waals surface area contributed by atoms with Crippen molar-refractivity contribution in [3.05, 3.63) is 32.1 Å². The van der Waals surface area contributed by atoms with Gasteiger partial charge in [-0.15, -0.1) is 0 Å². The van der Waals surface area contributed by atoms with Crippen LogP contribution < -0.4 is 11.2 Å². The number of alkyl halides is 3. The van der Waals surface area contributed by atoms with Gasteiger partial charge in [-0.25, -0.2) is 4.79 Å². The van der Waals surface area contributed by atoms with Crippen LogP contribution in [0.15, 0.2) is 9.59 Å². The maximum absolute atomic E-state index is 12.5. The van der Waals surface area contributed by atoms with Crippen LogP contribution in [0.5, 0.6) is 0 Å². The van der Waals surface area contributed by atoms with Gasteiger partial charge in [0.1, 0.15) is 5.69 Å². The van der Waals surface area contributed by atoms with Crippen LogP contribution in [0, 0.1) is 6.92 Å². The molecule has 0 radical (unpaired) electrons. The zero-order valence-corrected chi connectivity index (χ0v) is 8.34. The molecule has 0 atom stereocenters. The molecule has 15 heavy (non-hydrogen) atoms. The number of rotatable bonds is 0. The van der Waals surface area contributed by atoms with Gasteiger partial charge < -0.3 is 0 Å². The first-order chi connectivity index (χ1) is 6.68. The lowest BCUT2D eigenvalue weighted by molar-refractivity contribution is -0.144. The molecule has 0 bridgehead atoms. The van der Waals surface area contributed by atoms with Crippen molar-refractivity contribution in [3.8, 4) is 0 Å². The molecule has 84 valence electrons. The van der Waals surface area contributed by atoms with Crippen molar-refractivity contribution in [1.29, 1.82) is 0 Å². The number of hydrogen-bond acceptors (Lipinski definition) is 2. The van der Waals surface area contributed by atoms with Crippen LogP contribution >= 0.6 is 0 Å². The standard InChI is InChI=1S/C8H9F3N2O2/c1-4-5(8(9,10)11)12(2)7(15)13(3)6(4)14/h1-3H3. The Bertz CT molecular complexity index is 473. The molecule has 0 saturated carbocycles. The molecule has 0 aliphatic carbocycles. The first-order valence-electron chi connectivity index (χ1n) is 4.01. The van der Waals surface area contributed by atoms with Crippen molar-refractivity contribution in [2.45, 2.75) is 13.1 Å². The second-order valence-corrected chi connectivity index (χ2v) is 3.18. The van der Waals surface area contributed by atoms with Gasteiger partial charge >= 0.3 is 11.9 Å². The highest BCUT2D eigenvalue weighted by Gasteiger charge is 2.37. The van der Waals surface area contributed by atoms with Crippen LogP contribution in [-0.2, 0) is 20.3 Å². The predicted octanol–water partition coefficient (Wildman–Crippen LogP) is 0.411. The van der Waals surface area contributed by atoms with Crippen molar-refractivity contribution in [2.75, 3.05) is 0 Å². The number of aromatic nitrogens is 2. The minimum atomic E-state index is -4.70. The zero-order valence-electron chi connectivity index (χ0n) is 8.34. The molecule has 0 fully saturated rings. The number of nitrogens with zero attached hydrogens (tertiary/aromatic N) is 2. The van der Waals surface area contributed by atoms with E-state index >= 15 is 0 Å². The average Bonchev–Trinajstić information content (AvgIpc) is 2.09. The SMILES string of the molecule is Cc1c(C(F)(F)F)n(C)c(=O)n(C)c1=O. The lowest BCUT2D eigenvalue weighted by Gasteiger charge is -2.14. The van der Waals surface area contributed by atoms with Crippen LogP contribution in [0.4, 0.5) is 13.2 Å². The fraction of sp³-hybridized carbons (Fsp3) is 0.500. The quantitative estimate of drug-likeness (QED) is 0.638. The topological polar surface area (TPSA) is 44.0 Å². The van der Waals surface area contributed by atoms with Crippen LogP contribution in [-0.4, -0.2) is 9.13 Å². The molecule has 7 heteroatoms. The lowest BCUT2D eigenvalue weighted by atomic mass is 10.2. The van der Waals surface area contributed by atoms with Gasteiger partial charge in [0, 0.05) is 19.7 Å². The Kier molecular flexibility index (Phi) is 2.50. The largest absolute Gasteiger partial charge is 0.432 e. The molecule has 0 unspecified atom stereocenters. The average molecular weight is 222 g/mol. The molecule has 0 aromatic carbocycles. The Hall–Kier alpha value is -1.53. The Balaban J connectivity index is 3.85. The van der Waals surface area contributed by atoms with Crippen LogP contribution in [0.3, 0.4) is 0 Å². The Morgan fingerprint density at radius 3 is 1.93 bits per heavy atom. The zero-order chi connectivity index (χ0) is 12.0. The van der Waals surface area contributed by atoms with Gasteiger partial charge in [-0.2, -0.15) is 13.2 Å². The van der Waals surface area contributed by atoms with Crippen molar-refractivity contribution in [3.63, 3.8) is 0 Å². The first-order valence-corrected chi connectivity index (χ1v) is 4.01. The first kappa shape index (κ1) is 11.5. The van der Waals surface area contributed by atoms with Crippen LogP contribution in [0.25, 0.3) is 0 Å². The molecule has 1 heterocycles. The maximum Gasteiger partial charge on any atom is 0.432 e. The summed E-state index contributed by atoms with van der Waals surface area (Å²) in [7, 11) is 2.12. The van der Waals surface area contributed by atoms with E-state index in [1.54, 1.807) is 0 Å². The maximum atomic E-state index is 12.5. The van der Waals surface area contributed by atoms with Gasteiger partial charge in [-0.05, 0) is 6.92 Å². The van der Waals surface area contributed by atoms with Crippen molar-refractivity contribution in [2.24, 2.45) is 14.1 Å². The highest BCUT2D eigenvalue weighted by molar-refractivity contribution is 5.19. The summed E-state index contributed by atoms with van der Waals surface area (Å²) in [5.41, 5.74) is -3.59. The Morgan fingerprint density at radius 2 is 1.53 bits per heavy atom. The fourth-order valence-corrected chi connectivity index (χ4v) is 1.41. The summed E-state index contributed by atoms with van der Waals surface area (Å²) in [6.45, 7) is 1.05. The van der Waals surface area contributed by atoms with E-state index in [9.17, 15) is 22.8 Å². The van der Waals surface area contributed by atoms with E-state index in [1.807, 2.05) is 0 Å². The lowest BCUT2D eigenvalue weighted by Crippen LogP contribution is -2.42. The van der Waals surface area contributed by atoms with Crippen molar-refractivity contribution in [1.82, 2.24) is 9.13 Å². The van der Waals surface area contributed by atoms with Crippen molar-refractivity contribution < 1.29 is 13.2 Å². The monoisotopic (exact) mass is 222 g/mol. The summed E-state index contributed by atoms with van der Waals surface area (Å²) in [5, 5.41) is 0. The Labute approximate surface area is 82.6 Å². The summed E-state index contributed by atoms with van der Waals surface area (Å²) < 4.78 is 38.6. The fourth-order valence-electron chi connectivity index (χ4n) is 1.41. The highest BCUT2D eigenvalue weighted by atomic mass is 19.4. The molecule has 0 N–H and O–H groups in total. The van der Waals surface area contributed by atoms with Crippen LogP contribution in [0.1, 0.15) is 11.3 Å². The predicted molar refractivity (Wildman–Crippen MR) is 46.7 cm³/mol. The van der Waals surface area contributed by atoms with Gasteiger partial charge in [0.2, 0.25) is 0 Å². The minimum absolute atomic E-state index is 0.427. The summed E-state index contributed by atoms with van der Waals surface area (Å²) in [4.78, 5) is 22.5. The molecule has 0 saturated heterocycles. The number of hydrogen-bond donors (Lipinski definition) is 0. The van der Waals surface area contributed by atoms with E-state index < -0.39 is 28.7 Å². The van der Waals surface area contributed by atoms with Crippen LogP contribution in [0.2, 0.25) is 0 Å². The summed E-state index contributed by atoms with van der Waals surface area (Å²) in [5.74, 6) is 0. The molecule has 1 rings (SSSR count). The van der Waals surface area contributed by atoms with E-state index in [0.717, 1.165) is 21.0 Å². The molecule has 4 nitrogen and oxygen atoms in total. The minimum Gasteiger partial charge on any atom is -0.292 e. The summed E-state index contributed by atoms with van der Waals surface area (Å²) in [6, 6.07) is 0. The molecular formula is C8H9F3N2O2. The van der Waals surface area contributed by atoms with E-state index in [-0.39, 0.29) is 0 Å². The molecule has 0 spiro atoms. The second-order valence-electron chi connectivity index (χ2n) is 3.18. The van der Waals surface area contributed by atoms with Gasteiger partial charge in [0.05, 0.1) is 0 Å². The van der Waals surface area contributed by atoms with E-state index in [1.165, 1.54) is 0 Å². The van der Waals surface area contributed by atoms with Gasteiger partial charge in [0.15, 0.2) is 0 Å². The third-order valence-electron chi connectivity index (χ3n) is 2.16. The molecule has 0 amide bonds. The molecule has 1 aromatic heterocycles.